The first-order valence-corrected chi connectivity index (χ1v) is 8.32. The molecule has 1 aromatic carbocycles. The monoisotopic (exact) mass is 361 g/mol. The van der Waals surface area contributed by atoms with Crippen molar-refractivity contribution in [1.82, 2.24) is 5.32 Å². The van der Waals surface area contributed by atoms with Crippen molar-refractivity contribution in [1.29, 1.82) is 0 Å². The molecule has 0 saturated carbocycles. The largest absolute Gasteiger partial charge is 0.488 e. The minimum absolute atomic E-state index is 0.174. The van der Waals surface area contributed by atoms with Crippen LogP contribution in [0.15, 0.2) is 29.3 Å². The summed E-state index contributed by atoms with van der Waals surface area (Å²) in [5.74, 6) is 0.0444. The number of para-hydroxylation sites is 1. The first kappa shape index (κ1) is 21.1. The van der Waals surface area contributed by atoms with Crippen LogP contribution in [0.2, 0.25) is 0 Å². The molecule has 5 nitrogen and oxygen atoms in total. The lowest BCUT2D eigenvalue weighted by molar-refractivity contribution is -0.139. The zero-order valence-electron chi connectivity index (χ0n) is 14.6. The van der Waals surface area contributed by atoms with Crippen LogP contribution in [-0.4, -0.2) is 38.4 Å². The number of nitrogens with one attached hydrogen (secondary N) is 1. The molecule has 0 fully saturated rings. The standard InChI is InChI=1S/C17H26F3N3O2/c1-3-13(12-23-16(21)22-10-7-11-24-4-2)25-15-9-6-5-8-14(15)17(18,19)20/h5-6,8-9,13H,3-4,7,10-12H2,1-2H3,(H3,21,22,23). The molecule has 0 amide bonds. The molecule has 1 aromatic rings. The van der Waals surface area contributed by atoms with Gasteiger partial charge in [-0.2, -0.15) is 13.2 Å². The zero-order chi connectivity index (χ0) is 18.7. The van der Waals surface area contributed by atoms with Crippen molar-refractivity contribution < 1.29 is 22.6 Å². The van der Waals surface area contributed by atoms with E-state index in [-0.39, 0.29) is 18.3 Å². The van der Waals surface area contributed by atoms with Gasteiger partial charge in [0.25, 0.3) is 0 Å². The van der Waals surface area contributed by atoms with Gasteiger partial charge in [0.1, 0.15) is 11.9 Å². The fraction of sp³-hybridized carbons (Fsp3) is 0.588. The molecule has 25 heavy (non-hydrogen) atoms. The molecule has 0 spiro atoms. The van der Waals surface area contributed by atoms with Crippen LogP contribution in [0.25, 0.3) is 0 Å². The average molecular weight is 361 g/mol. The maximum Gasteiger partial charge on any atom is 0.419 e. The molecule has 1 rings (SSSR count). The van der Waals surface area contributed by atoms with E-state index in [1.54, 1.807) is 0 Å². The first-order chi connectivity index (χ1) is 11.9. The Kier molecular flexibility index (Phi) is 9.12. The van der Waals surface area contributed by atoms with E-state index in [0.29, 0.717) is 26.2 Å². The second kappa shape index (κ2) is 10.8. The van der Waals surface area contributed by atoms with Gasteiger partial charge in [-0.1, -0.05) is 19.1 Å². The van der Waals surface area contributed by atoms with Crippen molar-refractivity contribution in [2.45, 2.75) is 39.0 Å². The van der Waals surface area contributed by atoms with Gasteiger partial charge in [0.05, 0.1) is 12.1 Å². The molecule has 0 aliphatic heterocycles. The van der Waals surface area contributed by atoms with E-state index in [1.807, 2.05) is 13.8 Å². The summed E-state index contributed by atoms with van der Waals surface area (Å²) in [5.41, 5.74) is 4.95. The van der Waals surface area contributed by atoms with Gasteiger partial charge >= 0.3 is 6.18 Å². The average Bonchev–Trinajstić information content (AvgIpc) is 2.57. The highest BCUT2D eigenvalue weighted by molar-refractivity contribution is 5.77. The van der Waals surface area contributed by atoms with E-state index in [9.17, 15) is 13.2 Å². The number of rotatable bonds is 10. The van der Waals surface area contributed by atoms with Crippen LogP contribution in [-0.2, 0) is 10.9 Å². The molecule has 142 valence electrons. The fourth-order valence-electron chi connectivity index (χ4n) is 2.02. The number of halogens is 3. The molecule has 1 atom stereocenters. The summed E-state index contributed by atoms with van der Waals surface area (Å²) in [6.07, 6.45) is -3.66. The van der Waals surface area contributed by atoms with Gasteiger partial charge < -0.3 is 20.5 Å². The third kappa shape index (κ3) is 8.11. The summed E-state index contributed by atoms with van der Waals surface area (Å²) >= 11 is 0. The summed E-state index contributed by atoms with van der Waals surface area (Å²) < 4.78 is 49.7. The van der Waals surface area contributed by atoms with Crippen molar-refractivity contribution in [2.75, 3.05) is 26.3 Å². The quantitative estimate of drug-likeness (QED) is 0.381. The Hall–Kier alpha value is -1.96. The highest BCUT2D eigenvalue weighted by Crippen LogP contribution is 2.36. The Balaban J connectivity index is 2.56. The number of benzene rings is 1. The molecular weight excluding hydrogens is 335 g/mol. The van der Waals surface area contributed by atoms with Gasteiger partial charge in [-0.3, -0.25) is 0 Å². The Morgan fingerprint density at radius 1 is 1.28 bits per heavy atom. The molecule has 0 radical (unpaired) electrons. The van der Waals surface area contributed by atoms with Gasteiger partial charge in [-0.05, 0) is 31.9 Å². The van der Waals surface area contributed by atoms with Gasteiger partial charge in [0.15, 0.2) is 5.96 Å². The predicted molar refractivity (Wildman–Crippen MR) is 91.8 cm³/mol. The Morgan fingerprint density at radius 3 is 2.64 bits per heavy atom. The predicted octanol–water partition coefficient (Wildman–Crippen LogP) is 3.19. The molecule has 0 aliphatic carbocycles. The molecule has 3 N–H and O–H groups in total. The summed E-state index contributed by atoms with van der Waals surface area (Å²) in [6, 6.07) is 5.15. The van der Waals surface area contributed by atoms with Crippen LogP contribution >= 0.6 is 0 Å². The molecule has 1 unspecified atom stereocenters. The smallest absolute Gasteiger partial charge is 0.419 e. The second-order valence-electron chi connectivity index (χ2n) is 5.35. The summed E-state index contributed by atoms with van der Waals surface area (Å²) in [7, 11) is 0. The minimum Gasteiger partial charge on any atom is -0.488 e. The van der Waals surface area contributed by atoms with Crippen LogP contribution in [0, 0.1) is 0 Å². The number of aliphatic imine (C=N–C) groups is 1. The third-order valence-corrected chi connectivity index (χ3v) is 3.38. The molecular formula is C17H26F3N3O2. The Bertz CT molecular complexity index is 536. The molecule has 8 heteroatoms. The number of hydrogen-bond donors (Lipinski definition) is 2. The van der Waals surface area contributed by atoms with Crippen LogP contribution < -0.4 is 15.8 Å². The topological polar surface area (TPSA) is 68.9 Å². The number of hydrogen-bond acceptors (Lipinski definition) is 3. The van der Waals surface area contributed by atoms with Crippen molar-refractivity contribution in [3.63, 3.8) is 0 Å². The number of alkyl halides is 3. The van der Waals surface area contributed by atoms with E-state index in [4.69, 9.17) is 15.2 Å². The van der Waals surface area contributed by atoms with Crippen molar-refractivity contribution in [3.8, 4) is 5.75 Å². The van der Waals surface area contributed by atoms with Crippen molar-refractivity contribution >= 4 is 5.96 Å². The maximum atomic E-state index is 13.0. The van der Waals surface area contributed by atoms with Crippen LogP contribution in [0.1, 0.15) is 32.3 Å². The number of ether oxygens (including phenoxy) is 2. The van der Waals surface area contributed by atoms with Crippen molar-refractivity contribution in [3.05, 3.63) is 29.8 Å². The summed E-state index contributed by atoms with van der Waals surface area (Å²) in [6.45, 7) is 5.83. The molecule has 0 bridgehead atoms. The van der Waals surface area contributed by atoms with Crippen LogP contribution in [0.5, 0.6) is 5.75 Å². The Labute approximate surface area is 146 Å². The van der Waals surface area contributed by atoms with Gasteiger partial charge in [-0.15, -0.1) is 0 Å². The third-order valence-electron chi connectivity index (χ3n) is 3.38. The fourth-order valence-corrected chi connectivity index (χ4v) is 2.02. The van der Waals surface area contributed by atoms with Gasteiger partial charge in [0, 0.05) is 19.8 Å². The van der Waals surface area contributed by atoms with E-state index < -0.39 is 17.8 Å². The van der Waals surface area contributed by atoms with E-state index in [0.717, 1.165) is 12.5 Å². The number of guanidine groups is 1. The van der Waals surface area contributed by atoms with Crippen LogP contribution in [0.3, 0.4) is 0 Å². The van der Waals surface area contributed by atoms with E-state index in [1.165, 1.54) is 18.2 Å². The molecule has 0 heterocycles. The normalized spacial score (nSPS) is 13.6. The molecule has 0 aromatic heterocycles. The van der Waals surface area contributed by atoms with Crippen LogP contribution in [0.4, 0.5) is 13.2 Å². The van der Waals surface area contributed by atoms with Crippen molar-refractivity contribution in [2.24, 2.45) is 10.7 Å². The highest BCUT2D eigenvalue weighted by Gasteiger charge is 2.34. The second-order valence-corrected chi connectivity index (χ2v) is 5.35. The number of nitrogens with two attached hydrogens (primary N) is 1. The first-order valence-electron chi connectivity index (χ1n) is 8.32. The minimum atomic E-state index is -4.46. The lowest BCUT2D eigenvalue weighted by Crippen LogP contribution is -2.34. The maximum absolute atomic E-state index is 13.0. The van der Waals surface area contributed by atoms with E-state index in [2.05, 4.69) is 10.3 Å². The lowest BCUT2D eigenvalue weighted by atomic mass is 10.2. The van der Waals surface area contributed by atoms with Gasteiger partial charge in [-0.25, -0.2) is 4.99 Å². The molecule has 0 saturated heterocycles. The SMILES string of the molecule is CCOCCCNC(N)=NCC(CC)Oc1ccccc1C(F)(F)F. The number of nitrogens with zero attached hydrogens (tertiary/aromatic N) is 1. The van der Waals surface area contributed by atoms with E-state index >= 15 is 0 Å². The van der Waals surface area contributed by atoms with Gasteiger partial charge in [0.2, 0.25) is 0 Å². The zero-order valence-corrected chi connectivity index (χ0v) is 14.6. The lowest BCUT2D eigenvalue weighted by Gasteiger charge is -2.19. The highest BCUT2D eigenvalue weighted by atomic mass is 19.4. The summed E-state index contributed by atoms with van der Waals surface area (Å²) in [4.78, 5) is 4.14. The Morgan fingerprint density at radius 2 is 2.00 bits per heavy atom. The summed E-state index contributed by atoms with van der Waals surface area (Å²) in [5, 5.41) is 2.93. The molecule has 0 aliphatic rings.